The van der Waals surface area contributed by atoms with E-state index in [1.54, 1.807) is 0 Å². The molecule has 1 unspecified atom stereocenters. The molecule has 3 N–H and O–H groups in total. The number of hydrogen-bond donors (Lipinski definition) is 2. The molecule has 1 aromatic rings. The van der Waals surface area contributed by atoms with Crippen LogP contribution >= 0.6 is 0 Å². The van der Waals surface area contributed by atoms with E-state index in [0.29, 0.717) is 19.8 Å². The molecule has 0 aliphatic carbocycles. The second-order valence-electron chi connectivity index (χ2n) is 4.36. The van der Waals surface area contributed by atoms with Gasteiger partial charge in [-0.15, -0.1) is 0 Å². The van der Waals surface area contributed by atoms with Crippen molar-refractivity contribution in [2.75, 3.05) is 26.3 Å². The molecule has 0 fully saturated rings. The van der Waals surface area contributed by atoms with Crippen molar-refractivity contribution in [2.24, 2.45) is 5.73 Å². The van der Waals surface area contributed by atoms with Gasteiger partial charge >= 0.3 is 0 Å². The summed E-state index contributed by atoms with van der Waals surface area (Å²) in [5.74, 6) is 0. The summed E-state index contributed by atoms with van der Waals surface area (Å²) in [5.41, 5.74) is 7.95. The number of rotatable bonds is 9. The van der Waals surface area contributed by atoms with Crippen LogP contribution in [0.4, 0.5) is 0 Å². The van der Waals surface area contributed by atoms with E-state index >= 15 is 0 Å². The van der Waals surface area contributed by atoms with Crippen molar-refractivity contribution in [2.45, 2.75) is 26.4 Å². The van der Waals surface area contributed by atoms with Gasteiger partial charge in [-0.25, -0.2) is 4.98 Å². The lowest BCUT2D eigenvalue weighted by Crippen LogP contribution is -2.32. The zero-order valence-corrected chi connectivity index (χ0v) is 11.4. The quantitative estimate of drug-likeness (QED) is 0.510. The fourth-order valence-corrected chi connectivity index (χ4v) is 1.75. The van der Waals surface area contributed by atoms with Crippen molar-refractivity contribution >= 4 is 0 Å². The van der Waals surface area contributed by atoms with Gasteiger partial charge in [-0.2, -0.15) is 0 Å². The molecule has 0 aliphatic rings. The monoisotopic (exact) mass is 252 g/mol. The Bertz CT molecular complexity index is 362. The smallest absolute Gasteiger partial charge is 0.0948 e. The number of aromatic nitrogens is 2. The van der Waals surface area contributed by atoms with Crippen molar-refractivity contribution in [3.63, 3.8) is 0 Å². The van der Waals surface area contributed by atoms with Crippen LogP contribution in [0.25, 0.3) is 0 Å². The number of aryl methyl sites for hydroxylation is 1. The predicted molar refractivity (Wildman–Crippen MR) is 73.3 cm³/mol. The second kappa shape index (κ2) is 8.02. The van der Waals surface area contributed by atoms with Crippen LogP contribution in [-0.2, 0) is 11.3 Å². The van der Waals surface area contributed by atoms with Crippen molar-refractivity contribution in [3.05, 3.63) is 30.4 Å². The van der Waals surface area contributed by atoms with Crippen LogP contribution < -0.4 is 11.1 Å². The maximum absolute atomic E-state index is 5.79. The number of ether oxygens (including phenoxy) is 1. The van der Waals surface area contributed by atoms with Crippen LogP contribution in [0.2, 0.25) is 0 Å². The van der Waals surface area contributed by atoms with E-state index in [1.807, 2.05) is 19.4 Å². The third-order valence-electron chi connectivity index (χ3n) is 2.66. The Labute approximate surface area is 109 Å². The van der Waals surface area contributed by atoms with Crippen LogP contribution in [0.3, 0.4) is 0 Å². The molecule has 5 nitrogen and oxygen atoms in total. The molecule has 102 valence electrons. The van der Waals surface area contributed by atoms with Crippen molar-refractivity contribution < 1.29 is 4.74 Å². The van der Waals surface area contributed by atoms with E-state index in [1.165, 1.54) is 0 Å². The summed E-state index contributed by atoms with van der Waals surface area (Å²) in [5, 5.41) is 3.38. The van der Waals surface area contributed by atoms with Crippen LogP contribution in [0.1, 0.15) is 25.6 Å². The first-order valence-electron chi connectivity index (χ1n) is 6.34. The predicted octanol–water partition coefficient (Wildman–Crippen LogP) is 1.09. The van der Waals surface area contributed by atoms with E-state index in [-0.39, 0.29) is 6.04 Å². The van der Waals surface area contributed by atoms with E-state index in [0.717, 1.165) is 24.4 Å². The van der Waals surface area contributed by atoms with Gasteiger partial charge in [-0.05, 0) is 13.8 Å². The average Bonchev–Trinajstić information content (AvgIpc) is 2.81. The molecule has 0 bridgehead atoms. The summed E-state index contributed by atoms with van der Waals surface area (Å²) >= 11 is 0. The lowest BCUT2D eigenvalue weighted by Gasteiger charge is -2.18. The third kappa shape index (κ3) is 4.60. The summed E-state index contributed by atoms with van der Waals surface area (Å²) < 4.78 is 7.54. The standard InChI is InChI=1S/C13H24N4O/c1-4-17-10-15-8-13(17)12(7-14)16-5-6-18-9-11(2)3/h8,10,12,16H,2,4-7,9,14H2,1,3H3. The zero-order valence-electron chi connectivity index (χ0n) is 11.4. The van der Waals surface area contributed by atoms with Crippen LogP contribution in [0.15, 0.2) is 24.7 Å². The molecule has 1 rings (SSSR count). The van der Waals surface area contributed by atoms with Gasteiger partial charge < -0.3 is 20.4 Å². The van der Waals surface area contributed by atoms with E-state index in [2.05, 4.69) is 28.4 Å². The maximum Gasteiger partial charge on any atom is 0.0948 e. The Morgan fingerprint density at radius 3 is 3.06 bits per heavy atom. The lowest BCUT2D eigenvalue weighted by atomic mass is 10.2. The van der Waals surface area contributed by atoms with Crippen LogP contribution in [-0.4, -0.2) is 35.9 Å². The van der Waals surface area contributed by atoms with E-state index in [9.17, 15) is 0 Å². The van der Waals surface area contributed by atoms with E-state index < -0.39 is 0 Å². The molecular weight excluding hydrogens is 228 g/mol. The highest BCUT2D eigenvalue weighted by atomic mass is 16.5. The normalized spacial score (nSPS) is 12.6. The molecule has 1 heterocycles. The van der Waals surface area contributed by atoms with Crippen molar-refractivity contribution in [1.82, 2.24) is 14.9 Å². The molecule has 0 saturated heterocycles. The first kappa shape index (κ1) is 14.9. The SMILES string of the molecule is C=C(C)COCCNC(CN)c1cncn1CC. The molecule has 0 saturated carbocycles. The molecule has 0 spiro atoms. The Kier molecular flexibility index (Phi) is 6.64. The van der Waals surface area contributed by atoms with Crippen LogP contribution in [0, 0.1) is 0 Å². The Morgan fingerprint density at radius 2 is 2.44 bits per heavy atom. The average molecular weight is 252 g/mol. The summed E-state index contributed by atoms with van der Waals surface area (Å²) in [6.07, 6.45) is 3.69. The number of nitrogens with zero attached hydrogens (tertiary/aromatic N) is 2. The first-order valence-corrected chi connectivity index (χ1v) is 6.34. The topological polar surface area (TPSA) is 65.1 Å². The lowest BCUT2D eigenvalue weighted by molar-refractivity contribution is 0.155. The Hall–Kier alpha value is -1.17. The molecule has 0 radical (unpaired) electrons. The molecule has 1 atom stereocenters. The molecule has 0 aromatic carbocycles. The molecule has 1 aromatic heterocycles. The van der Waals surface area contributed by atoms with E-state index in [4.69, 9.17) is 10.5 Å². The van der Waals surface area contributed by atoms with Gasteiger partial charge in [0.05, 0.1) is 31.3 Å². The van der Waals surface area contributed by atoms with Gasteiger partial charge in [0.25, 0.3) is 0 Å². The number of hydrogen-bond acceptors (Lipinski definition) is 4. The molecule has 0 amide bonds. The molecule has 0 aliphatic heterocycles. The van der Waals surface area contributed by atoms with Gasteiger partial charge in [0.15, 0.2) is 0 Å². The summed E-state index contributed by atoms with van der Waals surface area (Å²) in [6.45, 7) is 11.3. The third-order valence-corrected chi connectivity index (χ3v) is 2.66. The minimum Gasteiger partial charge on any atom is -0.376 e. The summed E-state index contributed by atoms with van der Waals surface area (Å²) in [6, 6.07) is 0.126. The fraction of sp³-hybridized carbons (Fsp3) is 0.615. The van der Waals surface area contributed by atoms with Gasteiger partial charge in [0.1, 0.15) is 0 Å². The second-order valence-corrected chi connectivity index (χ2v) is 4.36. The van der Waals surface area contributed by atoms with Crippen LogP contribution in [0.5, 0.6) is 0 Å². The van der Waals surface area contributed by atoms with Crippen molar-refractivity contribution in [1.29, 1.82) is 0 Å². The highest BCUT2D eigenvalue weighted by Crippen LogP contribution is 2.10. The number of nitrogens with two attached hydrogens (primary N) is 1. The highest BCUT2D eigenvalue weighted by molar-refractivity contribution is 5.05. The maximum atomic E-state index is 5.79. The summed E-state index contributed by atoms with van der Waals surface area (Å²) in [4.78, 5) is 4.15. The van der Waals surface area contributed by atoms with Gasteiger partial charge in [-0.1, -0.05) is 12.2 Å². The summed E-state index contributed by atoms with van der Waals surface area (Å²) in [7, 11) is 0. The fourth-order valence-electron chi connectivity index (χ4n) is 1.75. The highest BCUT2D eigenvalue weighted by Gasteiger charge is 2.12. The molecule has 5 heteroatoms. The molecule has 18 heavy (non-hydrogen) atoms. The van der Waals surface area contributed by atoms with Gasteiger partial charge in [0, 0.05) is 25.8 Å². The largest absolute Gasteiger partial charge is 0.376 e. The Balaban J connectivity index is 2.36. The minimum atomic E-state index is 0.126. The van der Waals surface area contributed by atoms with Gasteiger partial charge in [-0.3, -0.25) is 0 Å². The van der Waals surface area contributed by atoms with Gasteiger partial charge in [0.2, 0.25) is 0 Å². The molecular formula is C13H24N4O. The zero-order chi connectivity index (χ0) is 13.4. The first-order chi connectivity index (χ1) is 8.69. The Morgan fingerprint density at radius 1 is 1.67 bits per heavy atom. The number of imidazole rings is 1. The number of nitrogens with one attached hydrogen (secondary N) is 1. The van der Waals surface area contributed by atoms with Crippen molar-refractivity contribution in [3.8, 4) is 0 Å². The minimum absolute atomic E-state index is 0.126.